The Kier molecular flexibility index (Phi) is 3.04. The maximum atomic E-state index is 5.80. The third-order valence-corrected chi connectivity index (χ3v) is 3.88. The lowest BCUT2D eigenvalue weighted by Crippen LogP contribution is -2.20. The maximum absolute atomic E-state index is 5.80. The standard InChI is InChI=1S/C9H14BrCl/c1-7(11)5-9(2,6-10)8-3-4-8/h8H,1,3-6H2,2H3. The van der Waals surface area contributed by atoms with E-state index in [0.717, 1.165) is 22.7 Å². The molecular formula is C9H14BrCl. The quantitative estimate of drug-likeness (QED) is 0.650. The van der Waals surface area contributed by atoms with Gasteiger partial charge >= 0.3 is 0 Å². The second kappa shape index (κ2) is 3.49. The van der Waals surface area contributed by atoms with E-state index in [1.165, 1.54) is 12.8 Å². The van der Waals surface area contributed by atoms with Crippen LogP contribution >= 0.6 is 27.5 Å². The summed E-state index contributed by atoms with van der Waals surface area (Å²) in [6.45, 7) is 6.03. The van der Waals surface area contributed by atoms with Crippen LogP contribution in [0, 0.1) is 11.3 Å². The SMILES string of the molecule is C=C(Cl)CC(C)(CBr)C1CC1. The van der Waals surface area contributed by atoms with Gasteiger partial charge in [-0.1, -0.05) is 41.0 Å². The van der Waals surface area contributed by atoms with Gasteiger partial charge in [0.2, 0.25) is 0 Å². The van der Waals surface area contributed by atoms with E-state index in [9.17, 15) is 0 Å². The monoisotopic (exact) mass is 236 g/mol. The summed E-state index contributed by atoms with van der Waals surface area (Å²) in [4.78, 5) is 0. The predicted octanol–water partition coefficient (Wildman–Crippen LogP) is 3.94. The zero-order chi connectivity index (χ0) is 8.48. The summed E-state index contributed by atoms with van der Waals surface area (Å²) in [5, 5.41) is 1.83. The van der Waals surface area contributed by atoms with Crippen molar-refractivity contribution in [3.8, 4) is 0 Å². The Bertz CT molecular complexity index is 163. The Hall–Kier alpha value is 0.510. The molecule has 0 heterocycles. The lowest BCUT2D eigenvalue weighted by Gasteiger charge is -2.26. The molecule has 0 aromatic heterocycles. The molecular weight excluding hydrogens is 223 g/mol. The Labute approximate surface area is 82.1 Å². The molecule has 1 aliphatic rings. The largest absolute Gasteiger partial charge is 0.0922 e. The number of hydrogen-bond donors (Lipinski definition) is 0. The Balaban J connectivity index is 2.51. The van der Waals surface area contributed by atoms with Crippen LogP contribution in [0.5, 0.6) is 0 Å². The minimum Gasteiger partial charge on any atom is -0.0922 e. The smallest absolute Gasteiger partial charge is 0.0115 e. The molecule has 0 nitrogen and oxygen atoms in total. The molecule has 64 valence electrons. The molecule has 0 aliphatic heterocycles. The van der Waals surface area contributed by atoms with Crippen LogP contribution in [0.15, 0.2) is 11.6 Å². The van der Waals surface area contributed by atoms with Crippen molar-refractivity contribution in [3.05, 3.63) is 11.6 Å². The van der Waals surface area contributed by atoms with Crippen LogP contribution in [0.1, 0.15) is 26.2 Å². The number of halogens is 2. The normalized spacial score (nSPS) is 22.8. The molecule has 0 N–H and O–H groups in total. The van der Waals surface area contributed by atoms with E-state index < -0.39 is 0 Å². The highest BCUT2D eigenvalue weighted by atomic mass is 79.9. The van der Waals surface area contributed by atoms with Crippen LogP contribution in [-0.2, 0) is 0 Å². The van der Waals surface area contributed by atoms with Crippen LogP contribution in [0.25, 0.3) is 0 Å². The van der Waals surface area contributed by atoms with Gasteiger partial charge in [-0.05, 0) is 30.6 Å². The Morgan fingerprint density at radius 3 is 2.55 bits per heavy atom. The first-order valence-corrected chi connectivity index (χ1v) is 5.48. The van der Waals surface area contributed by atoms with Gasteiger partial charge in [0, 0.05) is 10.4 Å². The molecule has 1 saturated carbocycles. The van der Waals surface area contributed by atoms with Crippen LogP contribution < -0.4 is 0 Å². The van der Waals surface area contributed by atoms with E-state index in [0.29, 0.717) is 5.41 Å². The topological polar surface area (TPSA) is 0 Å². The van der Waals surface area contributed by atoms with Crippen molar-refractivity contribution in [2.75, 3.05) is 5.33 Å². The fourth-order valence-electron chi connectivity index (χ4n) is 1.52. The second-order valence-electron chi connectivity index (χ2n) is 3.76. The van der Waals surface area contributed by atoms with Crippen molar-refractivity contribution >= 4 is 27.5 Å². The molecule has 2 heteroatoms. The van der Waals surface area contributed by atoms with Crippen LogP contribution in [-0.4, -0.2) is 5.33 Å². The molecule has 0 radical (unpaired) electrons. The summed E-state index contributed by atoms with van der Waals surface area (Å²) in [5.41, 5.74) is 0.360. The average molecular weight is 238 g/mol. The van der Waals surface area contributed by atoms with Crippen LogP contribution in [0.3, 0.4) is 0 Å². The van der Waals surface area contributed by atoms with Gasteiger partial charge in [-0.3, -0.25) is 0 Å². The highest BCUT2D eigenvalue weighted by Gasteiger charge is 2.40. The molecule has 11 heavy (non-hydrogen) atoms. The first-order chi connectivity index (χ1) is 5.08. The molecule has 0 aromatic carbocycles. The van der Waals surface area contributed by atoms with Crippen LogP contribution in [0.4, 0.5) is 0 Å². The van der Waals surface area contributed by atoms with E-state index in [1.807, 2.05) is 0 Å². The van der Waals surface area contributed by atoms with Gasteiger partial charge in [0.25, 0.3) is 0 Å². The van der Waals surface area contributed by atoms with Gasteiger partial charge in [-0.2, -0.15) is 0 Å². The van der Waals surface area contributed by atoms with Gasteiger partial charge in [0.05, 0.1) is 0 Å². The fraction of sp³-hybridized carbons (Fsp3) is 0.778. The van der Waals surface area contributed by atoms with Gasteiger partial charge in [-0.15, -0.1) is 0 Å². The first kappa shape index (κ1) is 9.60. The molecule has 1 atom stereocenters. The van der Waals surface area contributed by atoms with Crippen LogP contribution in [0.2, 0.25) is 0 Å². The fourth-order valence-corrected chi connectivity index (χ4v) is 2.48. The zero-order valence-electron chi connectivity index (χ0n) is 6.87. The molecule has 1 rings (SSSR count). The van der Waals surface area contributed by atoms with Gasteiger partial charge < -0.3 is 0 Å². The van der Waals surface area contributed by atoms with Crippen molar-refractivity contribution in [1.29, 1.82) is 0 Å². The third kappa shape index (κ3) is 2.48. The summed E-state index contributed by atoms with van der Waals surface area (Å²) in [6, 6.07) is 0. The number of rotatable bonds is 4. The zero-order valence-corrected chi connectivity index (χ0v) is 9.21. The van der Waals surface area contributed by atoms with Crippen molar-refractivity contribution < 1.29 is 0 Å². The minimum atomic E-state index is 0.360. The van der Waals surface area contributed by atoms with E-state index in [2.05, 4.69) is 29.4 Å². The molecule has 1 fully saturated rings. The average Bonchev–Trinajstić information content (AvgIpc) is 2.66. The second-order valence-corrected chi connectivity index (χ2v) is 4.85. The van der Waals surface area contributed by atoms with Gasteiger partial charge in [0.15, 0.2) is 0 Å². The van der Waals surface area contributed by atoms with Crippen molar-refractivity contribution in [3.63, 3.8) is 0 Å². The van der Waals surface area contributed by atoms with E-state index >= 15 is 0 Å². The summed E-state index contributed by atoms with van der Waals surface area (Å²) < 4.78 is 0. The highest BCUT2D eigenvalue weighted by molar-refractivity contribution is 9.09. The molecule has 0 aromatic rings. The molecule has 1 unspecified atom stereocenters. The van der Waals surface area contributed by atoms with E-state index in [-0.39, 0.29) is 0 Å². The summed E-state index contributed by atoms with van der Waals surface area (Å²) in [6.07, 6.45) is 3.68. The Morgan fingerprint density at radius 2 is 2.27 bits per heavy atom. The van der Waals surface area contributed by atoms with Gasteiger partial charge in [0.1, 0.15) is 0 Å². The molecule has 0 amide bonds. The molecule has 0 bridgehead atoms. The van der Waals surface area contributed by atoms with Gasteiger partial charge in [-0.25, -0.2) is 0 Å². The lowest BCUT2D eigenvalue weighted by atomic mass is 9.84. The van der Waals surface area contributed by atoms with Crippen molar-refractivity contribution in [2.45, 2.75) is 26.2 Å². The predicted molar refractivity (Wildman–Crippen MR) is 54.2 cm³/mol. The number of alkyl halides is 1. The highest BCUT2D eigenvalue weighted by Crippen LogP contribution is 2.49. The lowest BCUT2D eigenvalue weighted by molar-refractivity contribution is 0.323. The van der Waals surface area contributed by atoms with Crippen molar-refractivity contribution in [2.24, 2.45) is 11.3 Å². The molecule has 0 spiro atoms. The summed E-state index contributed by atoms with van der Waals surface area (Å²) in [5.74, 6) is 0.873. The minimum absolute atomic E-state index is 0.360. The first-order valence-electron chi connectivity index (χ1n) is 3.98. The summed E-state index contributed by atoms with van der Waals surface area (Å²) in [7, 11) is 0. The van der Waals surface area contributed by atoms with E-state index in [4.69, 9.17) is 11.6 Å². The summed E-state index contributed by atoms with van der Waals surface area (Å²) >= 11 is 9.34. The Morgan fingerprint density at radius 1 is 1.73 bits per heavy atom. The molecule has 1 aliphatic carbocycles. The third-order valence-electron chi connectivity index (χ3n) is 2.46. The number of hydrogen-bond acceptors (Lipinski definition) is 0. The maximum Gasteiger partial charge on any atom is 0.0115 e. The molecule has 0 saturated heterocycles. The number of allylic oxidation sites excluding steroid dienone is 1. The van der Waals surface area contributed by atoms with E-state index in [1.54, 1.807) is 0 Å². The van der Waals surface area contributed by atoms with Crippen molar-refractivity contribution in [1.82, 2.24) is 0 Å².